The first-order valence-electron chi connectivity index (χ1n) is 9.88. The topological polar surface area (TPSA) is 76.0 Å². The molecule has 7 heteroatoms. The average molecular weight is 420 g/mol. The van der Waals surface area contributed by atoms with Crippen LogP contribution in [0.15, 0.2) is 48.5 Å². The molecule has 0 radical (unpaired) electrons. The molecule has 2 N–H and O–H groups in total. The Hall–Kier alpha value is -3.74. The molecule has 3 rings (SSSR count). The number of hydrogen-bond acceptors (Lipinski definition) is 3. The maximum atomic E-state index is 14.0. The zero-order valence-electron chi connectivity index (χ0n) is 18.0. The van der Waals surface area contributed by atoms with E-state index >= 15 is 0 Å². The third-order valence-corrected chi connectivity index (χ3v) is 4.84. The molecule has 3 aromatic rings. The molecule has 0 spiro atoms. The van der Waals surface area contributed by atoms with Gasteiger partial charge in [-0.05, 0) is 50.6 Å². The molecular weight excluding hydrogens is 395 g/mol. The van der Waals surface area contributed by atoms with Gasteiger partial charge in [0.1, 0.15) is 5.82 Å². The number of nitrogens with one attached hydrogen (secondary N) is 2. The van der Waals surface area contributed by atoms with Gasteiger partial charge in [0, 0.05) is 29.9 Å². The number of anilines is 2. The van der Waals surface area contributed by atoms with E-state index in [0.717, 1.165) is 22.5 Å². The molecule has 6 nitrogen and oxygen atoms in total. The highest BCUT2D eigenvalue weighted by atomic mass is 19.1. The minimum Gasteiger partial charge on any atom is -0.326 e. The minimum absolute atomic E-state index is 0.00981. The Morgan fingerprint density at radius 2 is 1.77 bits per heavy atom. The van der Waals surface area contributed by atoms with Crippen LogP contribution in [0.3, 0.4) is 0 Å². The van der Waals surface area contributed by atoms with Crippen molar-refractivity contribution in [1.82, 2.24) is 9.78 Å². The van der Waals surface area contributed by atoms with Crippen molar-refractivity contribution in [3.8, 4) is 0 Å². The highest BCUT2D eigenvalue weighted by Crippen LogP contribution is 2.20. The summed E-state index contributed by atoms with van der Waals surface area (Å²) in [5, 5.41) is 9.64. The highest BCUT2D eigenvalue weighted by molar-refractivity contribution is 6.02. The number of carbonyl (C=O) groups excluding carboxylic acids is 2. The second kappa shape index (κ2) is 9.38. The van der Waals surface area contributed by atoms with Crippen LogP contribution in [-0.2, 0) is 16.1 Å². The van der Waals surface area contributed by atoms with Gasteiger partial charge < -0.3 is 10.6 Å². The molecule has 1 aromatic heterocycles. The molecule has 2 aromatic carbocycles. The van der Waals surface area contributed by atoms with E-state index in [0.29, 0.717) is 12.2 Å². The van der Waals surface area contributed by atoms with Crippen molar-refractivity contribution in [1.29, 1.82) is 0 Å². The molecule has 31 heavy (non-hydrogen) atoms. The molecule has 0 saturated carbocycles. The summed E-state index contributed by atoms with van der Waals surface area (Å²) in [6.45, 7) is 7.86. The lowest BCUT2D eigenvalue weighted by Gasteiger charge is -2.07. The maximum Gasteiger partial charge on any atom is 0.248 e. The summed E-state index contributed by atoms with van der Waals surface area (Å²) in [4.78, 5) is 23.5. The van der Waals surface area contributed by atoms with E-state index in [-0.39, 0.29) is 11.6 Å². The number of aryl methyl sites for hydroxylation is 2. The smallest absolute Gasteiger partial charge is 0.248 e. The summed E-state index contributed by atoms with van der Waals surface area (Å²) in [7, 11) is 0. The average Bonchev–Trinajstić information content (AvgIpc) is 2.97. The van der Waals surface area contributed by atoms with Crippen LogP contribution < -0.4 is 10.6 Å². The Morgan fingerprint density at radius 1 is 1.06 bits per heavy atom. The van der Waals surface area contributed by atoms with Crippen molar-refractivity contribution >= 4 is 29.3 Å². The van der Waals surface area contributed by atoms with Gasteiger partial charge in [0.2, 0.25) is 11.8 Å². The molecule has 160 valence electrons. The maximum absolute atomic E-state index is 14.0. The molecular formula is C24H25FN4O2. The van der Waals surface area contributed by atoms with E-state index in [1.165, 1.54) is 36.8 Å². The Labute approximate surface area is 180 Å². The Morgan fingerprint density at radius 3 is 2.45 bits per heavy atom. The van der Waals surface area contributed by atoms with Crippen LogP contribution in [-0.4, -0.2) is 21.6 Å². The third-order valence-electron chi connectivity index (χ3n) is 4.84. The van der Waals surface area contributed by atoms with Crippen LogP contribution in [0.1, 0.15) is 35.0 Å². The van der Waals surface area contributed by atoms with Gasteiger partial charge in [0.15, 0.2) is 0 Å². The van der Waals surface area contributed by atoms with E-state index in [1.54, 1.807) is 6.08 Å². The second-order valence-electron chi connectivity index (χ2n) is 7.43. The van der Waals surface area contributed by atoms with E-state index in [2.05, 4.69) is 40.0 Å². The lowest BCUT2D eigenvalue weighted by molar-refractivity contribution is -0.114. The van der Waals surface area contributed by atoms with Crippen molar-refractivity contribution in [2.24, 2.45) is 0 Å². The van der Waals surface area contributed by atoms with Crippen molar-refractivity contribution in [2.45, 2.75) is 34.2 Å². The van der Waals surface area contributed by atoms with Crippen molar-refractivity contribution < 1.29 is 14.0 Å². The first kappa shape index (κ1) is 22.0. The number of carbonyl (C=O) groups is 2. The van der Waals surface area contributed by atoms with Crippen molar-refractivity contribution in [3.63, 3.8) is 0 Å². The van der Waals surface area contributed by atoms with Crippen LogP contribution >= 0.6 is 0 Å². The predicted molar refractivity (Wildman–Crippen MR) is 120 cm³/mol. The number of rotatable bonds is 6. The fourth-order valence-electron chi connectivity index (χ4n) is 3.21. The van der Waals surface area contributed by atoms with Gasteiger partial charge in [-0.1, -0.05) is 29.8 Å². The summed E-state index contributed by atoms with van der Waals surface area (Å²) in [5.41, 5.74) is 5.30. The van der Waals surface area contributed by atoms with Gasteiger partial charge in [-0.2, -0.15) is 5.10 Å². The lowest BCUT2D eigenvalue weighted by atomic mass is 10.1. The quantitative estimate of drug-likeness (QED) is 0.572. The normalized spacial score (nSPS) is 11.0. The summed E-state index contributed by atoms with van der Waals surface area (Å²) in [6.07, 6.45) is 3.02. The van der Waals surface area contributed by atoms with Crippen LogP contribution in [0.4, 0.5) is 15.8 Å². The standard InChI is InChI=1S/C24H25FN4O2/c1-15-5-7-19(8-6-15)14-29-17(3)21(16(2)28-29)10-12-24(31)27-23-13-20(26-18(4)30)9-11-22(23)25/h5-13H,14H2,1-4H3,(H,26,30)(H,27,31)/b12-10+. The van der Waals surface area contributed by atoms with Gasteiger partial charge in [-0.15, -0.1) is 0 Å². The molecule has 1 heterocycles. The molecule has 0 bridgehead atoms. The first-order chi connectivity index (χ1) is 14.7. The molecule has 0 fully saturated rings. The Balaban J connectivity index is 1.73. The fourth-order valence-corrected chi connectivity index (χ4v) is 3.21. The van der Waals surface area contributed by atoms with Gasteiger partial charge >= 0.3 is 0 Å². The van der Waals surface area contributed by atoms with Gasteiger partial charge in [-0.25, -0.2) is 4.39 Å². The second-order valence-corrected chi connectivity index (χ2v) is 7.43. The largest absolute Gasteiger partial charge is 0.326 e. The summed E-state index contributed by atoms with van der Waals surface area (Å²) >= 11 is 0. The SMILES string of the molecule is CC(=O)Nc1ccc(F)c(NC(=O)/C=C/c2c(C)nn(Cc3ccc(C)cc3)c2C)c1. The van der Waals surface area contributed by atoms with E-state index in [9.17, 15) is 14.0 Å². The molecule has 0 unspecified atom stereocenters. The molecule has 0 saturated heterocycles. The van der Waals surface area contributed by atoms with Crippen molar-refractivity contribution in [3.05, 3.63) is 82.4 Å². The summed E-state index contributed by atoms with van der Waals surface area (Å²) < 4.78 is 15.9. The zero-order chi connectivity index (χ0) is 22.5. The van der Waals surface area contributed by atoms with Gasteiger partial charge in [0.05, 0.1) is 17.9 Å². The van der Waals surface area contributed by atoms with E-state index < -0.39 is 11.7 Å². The first-order valence-corrected chi connectivity index (χ1v) is 9.88. The number of hydrogen-bond donors (Lipinski definition) is 2. The lowest BCUT2D eigenvalue weighted by Crippen LogP contribution is -2.11. The number of nitrogens with zero attached hydrogens (tertiary/aromatic N) is 2. The molecule has 0 aliphatic rings. The van der Waals surface area contributed by atoms with Crippen LogP contribution in [0.2, 0.25) is 0 Å². The zero-order valence-corrected chi connectivity index (χ0v) is 18.0. The monoisotopic (exact) mass is 420 g/mol. The summed E-state index contributed by atoms with van der Waals surface area (Å²) in [5.74, 6) is -1.35. The van der Waals surface area contributed by atoms with E-state index in [1.807, 2.05) is 25.5 Å². The van der Waals surface area contributed by atoms with Crippen LogP contribution in [0.5, 0.6) is 0 Å². The Kier molecular flexibility index (Phi) is 6.65. The summed E-state index contributed by atoms with van der Waals surface area (Å²) in [6, 6.07) is 12.2. The molecule has 0 atom stereocenters. The van der Waals surface area contributed by atoms with Crippen LogP contribution in [0, 0.1) is 26.6 Å². The van der Waals surface area contributed by atoms with Gasteiger partial charge in [-0.3, -0.25) is 14.3 Å². The fraction of sp³-hybridized carbons (Fsp3) is 0.208. The molecule has 0 aliphatic heterocycles. The Bertz CT molecular complexity index is 1150. The van der Waals surface area contributed by atoms with E-state index in [4.69, 9.17) is 0 Å². The number of aromatic nitrogens is 2. The number of amides is 2. The third kappa shape index (κ3) is 5.66. The van der Waals surface area contributed by atoms with Crippen LogP contribution in [0.25, 0.3) is 6.08 Å². The number of benzene rings is 2. The molecule has 0 aliphatic carbocycles. The van der Waals surface area contributed by atoms with Gasteiger partial charge in [0.25, 0.3) is 0 Å². The highest BCUT2D eigenvalue weighted by Gasteiger charge is 2.11. The minimum atomic E-state index is -0.589. The van der Waals surface area contributed by atoms with Crippen molar-refractivity contribution in [2.75, 3.05) is 10.6 Å². The predicted octanol–water partition coefficient (Wildman–Crippen LogP) is 4.61. The number of halogens is 1. The molecule has 2 amide bonds.